The number of rotatable bonds is 5. The molecule has 5 heteroatoms. The quantitative estimate of drug-likeness (QED) is 0.909. The zero-order valence-electron chi connectivity index (χ0n) is 13.9. The first-order valence-electron chi connectivity index (χ1n) is 7.62. The molecular formula is C18H22N2O2S. The Kier molecular flexibility index (Phi) is 5.55. The summed E-state index contributed by atoms with van der Waals surface area (Å²) in [6.45, 7) is 5.90. The molecule has 0 unspecified atom stereocenters. The van der Waals surface area contributed by atoms with Crippen LogP contribution in [-0.2, 0) is 4.79 Å². The number of nitrogens with zero attached hydrogens (tertiary/aromatic N) is 1. The van der Waals surface area contributed by atoms with E-state index in [4.69, 9.17) is 0 Å². The summed E-state index contributed by atoms with van der Waals surface area (Å²) in [7, 11) is 1.75. The molecule has 1 aromatic carbocycles. The summed E-state index contributed by atoms with van der Waals surface area (Å²) < 4.78 is 0. The van der Waals surface area contributed by atoms with E-state index in [9.17, 15) is 9.59 Å². The Morgan fingerprint density at radius 2 is 1.78 bits per heavy atom. The molecule has 0 aliphatic heterocycles. The average molecular weight is 330 g/mol. The van der Waals surface area contributed by atoms with E-state index in [0.717, 1.165) is 11.3 Å². The zero-order chi connectivity index (χ0) is 17.0. The van der Waals surface area contributed by atoms with Crippen molar-refractivity contribution in [3.63, 3.8) is 0 Å². The van der Waals surface area contributed by atoms with Crippen molar-refractivity contribution >= 4 is 28.8 Å². The van der Waals surface area contributed by atoms with Crippen molar-refractivity contribution in [1.82, 2.24) is 5.32 Å². The van der Waals surface area contributed by atoms with Crippen molar-refractivity contribution in [3.05, 3.63) is 52.2 Å². The minimum atomic E-state index is -0.588. The fourth-order valence-corrected chi connectivity index (χ4v) is 3.05. The van der Waals surface area contributed by atoms with E-state index in [1.165, 1.54) is 11.3 Å². The van der Waals surface area contributed by atoms with Crippen LogP contribution >= 0.6 is 11.3 Å². The Morgan fingerprint density at radius 3 is 2.39 bits per heavy atom. The summed E-state index contributed by atoms with van der Waals surface area (Å²) in [5, 5.41) is 4.60. The third kappa shape index (κ3) is 3.99. The fraction of sp³-hybridized carbons (Fsp3) is 0.333. The zero-order valence-corrected chi connectivity index (χ0v) is 14.7. The number of hydrogen-bond donors (Lipinski definition) is 1. The number of carbonyl (C=O) groups excluding carboxylic acids is 2. The number of hydrogen-bond acceptors (Lipinski definition) is 3. The molecule has 1 aromatic heterocycles. The van der Waals surface area contributed by atoms with Gasteiger partial charge in [0.1, 0.15) is 6.04 Å². The first-order chi connectivity index (χ1) is 10.9. The van der Waals surface area contributed by atoms with Crippen LogP contribution in [0.15, 0.2) is 41.8 Å². The van der Waals surface area contributed by atoms with Gasteiger partial charge in [0, 0.05) is 12.7 Å². The Hall–Kier alpha value is -2.14. The van der Waals surface area contributed by atoms with Crippen molar-refractivity contribution in [2.24, 2.45) is 0 Å². The summed E-state index contributed by atoms with van der Waals surface area (Å²) in [4.78, 5) is 26.9. The maximum Gasteiger partial charge on any atom is 0.261 e. The predicted octanol–water partition coefficient (Wildman–Crippen LogP) is 3.65. The van der Waals surface area contributed by atoms with Crippen LogP contribution in [0.3, 0.4) is 0 Å². The number of amides is 2. The monoisotopic (exact) mass is 330 g/mol. The van der Waals surface area contributed by atoms with E-state index in [0.29, 0.717) is 10.8 Å². The number of nitrogens with one attached hydrogen (secondary N) is 1. The normalized spacial score (nSPS) is 12.0. The summed E-state index contributed by atoms with van der Waals surface area (Å²) >= 11 is 1.36. The Balaban J connectivity index is 2.12. The third-order valence-electron chi connectivity index (χ3n) is 3.71. The van der Waals surface area contributed by atoms with E-state index in [2.05, 4.69) is 19.2 Å². The molecular weight excluding hydrogens is 308 g/mol. The van der Waals surface area contributed by atoms with Gasteiger partial charge in [-0.2, -0.15) is 0 Å². The highest BCUT2D eigenvalue weighted by molar-refractivity contribution is 7.12. The number of likely N-dealkylation sites (N-methyl/N-ethyl adjacent to an activating group) is 1. The number of anilines is 1. The van der Waals surface area contributed by atoms with Crippen molar-refractivity contribution < 1.29 is 9.59 Å². The molecule has 23 heavy (non-hydrogen) atoms. The van der Waals surface area contributed by atoms with E-state index in [-0.39, 0.29) is 11.8 Å². The van der Waals surface area contributed by atoms with E-state index < -0.39 is 6.04 Å². The maximum atomic E-state index is 12.6. The molecule has 0 saturated heterocycles. The molecule has 0 fully saturated rings. The molecule has 0 spiro atoms. The molecule has 0 radical (unpaired) electrons. The van der Waals surface area contributed by atoms with Gasteiger partial charge in [-0.05, 0) is 35.9 Å². The van der Waals surface area contributed by atoms with Gasteiger partial charge in [0.2, 0.25) is 5.91 Å². The summed E-state index contributed by atoms with van der Waals surface area (Å²) in [6, 6.07) is 10.8. The molecule has 2 aromatic rings. The standard InChI is InChI=1S/C18H22N2O2S/c1-12(2)14-8-5-6-9-15(14)20(4)18(22)13(3)19-17(21)16-10-7-11-23-16/h5-13H,1-4H3,(H,19,21)/t13-/m1/s1. The fourth-order valence-electron chi connectivity index (χ4n) is 2.43. The minimum Gasteiger partial charge on any atom is -0.340 e. The van der Waals surface area contributed by atoms with Gasteiger partial charge >= 0.3 is 0 Å². The van der Waals surface area contributed by atoms with Crippen LogP contribution in [0.25, 0.3) is 0 Å². The molecule has 4 nitrogen and oxygen atoms in total. The Morgan fingerprint density at radius 1 is 1.09 bits per heavy atom. The van der Waals surface area contributed by atoms with Gasteiger partial charge in [-0.25, -0.2) is 0 Å². The van der Waals surface area contributed by atoms with Gasteiger partial charge in [0.15, 0.2) is 0 Å². The van der Waals surface area contributed by atoms with Crippen LogP contribution in [0.2, 0.25) is 0 Å². The van der Waals surface area contributed by atoms with Crippen molar-refractivity contribution in [2.75, 3.05) is 11.9 Å². The molecule has 1 N–H and O–H groups in total. The summed E-state index contributed by atoms with van der Waals surface area (Å²) in [5.41, 5.74) is 1.99. The highest BCUT2D eigenvalue weighted by Crippen LogP contribution is 2.26. The van der Waals surface area contributed by atoms with Crippen LogP contribution in [-0.4, -0.2) is 24.9 Å². The molecule has 122 valence electrons. The molecule has 2 amide bonds. The van der Waals surface area contributed by atoms with E-state index >= 15 is 0 Å². The highest BCUT2D eigenvalue weighted by Gasteiger charge is 2.23. The van der Waals surface area contributed by atoms with Crippen molar-refractivity contribution in [3.8, 4) is 0 Å². The Labute approximate surface area is 141 Å². The topological polar surface area (TPSA) is 49.4 Å². The van der Waals surface area contributed by atoms with Crippen molar-refractivity contribution in [1.29, 1.82) is 0 Å². The average Bonchev–Trinajstić information content (AvgIpc) is 3.07. The van der Waals surface area contributed by atoms with Crippen LogP contribution in [0.5, 0.6) is 0 Å². The molecule has 1 atom stereocenters. The van der Waals surface area contributed by atoms with Gasteiger partial charge in [-0.15, -0.1) is 11.3 Å². The molecule has 0 aliphatic rings. The SMILES string of the molecule is CC(C)c1ccccc1N(C)C(=O)[C@@H](C)NC(=O)c1cccs1. The first-order valence-corrected chi connectivity index (χ1v) is 8.50. The largest absolute Gasteiger partial charge is 0.340 e. The lowest BCUT2D eigenvalue weighted by molar-refractivity contribution is -0.119. The van der Waals surface area contributed by atoms with Gasteiger partial charge in [0.25, 0.3) is 5.91 Å². The summed E-state index contributed by atoms with van der Waals surface area (Å²) in [6.07, 6.45) is 0. The number of thiophene rings is 1. The Bertz CT molecular complexity index is 680. The van der Waals surface area contributed by atoms with Gasteiger partial charge in [0.05, 0.1) is 4.88 Å². The lowest BCUT2D eigenvalue weighted by atomic mass is 10.0. The number of carbonyl (C=O) groups is 2. The second-order valence-corrected chi connectivity index (χ2v) is 6.73. The number of para-hydroxylation sites is 1. The van der Waals surface area contributed by atoms with Gasteiger partial charge in [-0.3, -0.25) is 9.59 Å². The van der Waals surface area contributed by atoms with Crippen LogP contribution in [0, 0.1) is 0 Å². The molecule has 1 heterocycles. The molecule has 0 saturated carbocycles. The molecule has 0 bridgehead atoms. The maximum absolute atomic E-state index is 12.6. The summed E-state index contributed by atoms with van der Waals surface area (Å²) in [5.74, 6) is -0.0353. The van der Waals surface area contributed by atoms with Crippen LogP contribution in [0.1, 0.15) is 41.9 Å². The lowest BCUT2D eigenvalue weighted by Crippen LogP contribution is -2.45. The number of benzene rings is 1. The lowest BCUT2D eigenvalue weighted by Gasteiger charge is -2.25. The van der Waals surface area contributed by atoms with Crippen LogP contribution in [0.4, 0.5) is 5.69 Å². The van der Waals surface area contributed by atoms with Gasteiger partial charge in [-0.1, -0.05) is 38.1 Å². The second-order valence-electron chi connectivity index (χ2n) is 5.78. The molecule has 2 rings (SSSR count). The second kappa shape index (κ2) is 7.42. The predicted molar refractivity (Wildman–Crippen MR) is 95.2 cm³/mol. The van der Waals surface area contributed by atoms with E-state index in [1.54, 1.807) is 24.9 Å². The van der Waals surface area contributed by atoms with Crippen LogP contribution < -0.4 is 10.2 Å². The van der Waals surface area contributed by atoms with E-state index in [1.807, 2.05) is 35.7 Å². The van der Waals surface area contributed by atoms with Gasteiger partial charge < -0.3 is 10.2 Å². The molecule has 0 aliphatic carbocycles. The van der Waals surface area contributed by atoms with Crippen molar-refractivity contribution in [2.45, 2.75) is 32.7 Å². The smallest absolute Gasteiger partial charge is 0.261 e. The highest BCUT2D eigenvalue weighted by atomic mass is 32.1. The first kappa shape index (κ1) is 17.2. The third-order valence-corrected chi connectivity index (χ3v) is 4.58. The minimum absolute atomic E-state index is 0.136.